The summed E-state index contributed by atoms with van der Waals surface area (Å²) in [6.07, 6.45) is 4.48. The molecule has 21 heavy (non-hydrogen) atoms. The minimum Gasteiger partial charge on any atom is -0.385 e. The van der Waals surface area contributed by atoms with E-state index in [1.807, 2.05) is 35.1 Å². The molecule has 0 unspecified atom stereocenters. The van der Waals surface area contributed by atoms with E-state index in [0.29, 0.717) is 12.5 Å². The molecule has 0 spiro atoms. The third kappa shape index (κ3) is 2.99. The lowest BCUT2D eigenvalue weighted by Crippen LogP contribution is -2.13. The maximum atomic E-state index is 12.4. The van der Waals surface area contributed by atoms with E-state index in [1.165, 1.54) is 11.3 Å². The lowest BCUT2D eigenvalue weighted by molar-refractivity contribution is 0.0991. The number of hydrogen-bond donors (Lipinski definition) is 1. The fourth-order valence-electron chi connectivity index (χ4n) is 2.67. The van der Waals surface area contributed by atoms with Gasteiger partial charge in [0, 0.05) is 30.0 Å². The first-order valence-corrected chi connectivity index (χ1v) is 7.57. The SMILES string of the molecule is CC(C)n1ccc(CC(=O)c2ccc3c(c2)CCCN3)n1. The molecular weight excluding hydrogens is 262 g/mol. The Kier molecular flexibility index (Phi) is 3.78. The number of Topliss-reactive ketones (excluding diaryl/α,β-unsaturated/α-hetero) is 1. The van der Waals surface area contributed by atoms with E-state index in [4.69, 9.17) is 0 Å². The van der Waals surface area contributed by atoms with Crippen molar-refractivity contribution in [2.75, 3.05) is 11.9 Å². The van der Waals surface area contributed by atoms with E-state index in [2.05, 4.69) is 24.3 Å². The summed E-state index contributed by atoms with van der Waals surface area (Å²) in [7, 11) is 0. The van der Waals surface area contributed by atoms with Crippen LogP contribution in [-0.2, 0) is 12.8 Å². The summed E-state index contributed by atoms with van der Waals surface area (Å²) in [4.78, 5) is 12.4. The van der Waals surface area contributed by atoms with Crippen molar-refractivity contribution in [3.63, 3.8) is 0 Å². The fourth-order valence-corrected chi connectivity index (χ4v) is 2.67. The zero-order chi connectivity index (χ0) is 14.8. The zero-order valence-corrected chi connectivity index (χ0v) is 12.6. The predicted octanol–water partition coefficient (Wildman–Crippen LogP) is 3.25. The van der Waals surface area contributed by atoms with Crippen LogP contribution >= 0.6 is 0 Å². The minimum absolute atomic E-state index is 0.136. The molecule has 1 aliphatic heterocycles. The van der Waals surface area contributed by atoms with Crippen molar-refractivity contribution in [2.45, 2.75) is 39.2 Å². The Hall–Kier alpha value is -2.10. The first kappa shape index (κ1) is 13.9. The molecule has 1 N–H and O–H groups in total. The first-order valence-electron chi connectivity index (χ1n) is 7.57. The van der Waals surface area contributed by atoms with Gasteiger partial charge >= 0.3 is 0 Å². The van der Waals surface area contributed by atoms with Crippen molar-refractivity contribution in [3.05, 3.63) is 47.3 Å². The molecule has 4 heteroatoms. The highest BCUT2D eigenvalue weighted by Crippen LogP contribution is 2.23. The average Bonchev–Trinajstić information content (AvgIpc) is 2.95. The van der Waals surface area contributed by atoms with Gasteiger partial charge in [-0.3, -0.25) is 9.48 Å². The zero-order valence-electron chi connectivity index (χ0n) is 12.6. The third-order valence-corrected chi connectivity index (χ3v) is 3.90. The molecule has 0 fully saturated rings. The highest BCUT2D eigenvalue weighted by molar-refractivity contribution is 5.98. The molecule has 0 bridgehead atoms. The van der Waals surface area contributed by atoms with Crippen molar-refractivity contribution < 1.29 is 4.79 Å². The van der Waals surface area contributed by atoms with Crippen LogP contribution < -0.4 is 5.32 Å². The molecule has 0 amide bonds. The number of rotatable bonds is 4. The largest absolute Gasteiger partial charge is 0.385 e. The minimum atomic E-state index is 0.136. The number of benzene rings is 1. The van der Waals surface area contributed by atoms with E-state index in [-0.39, 0.29) is 5.78 Å². The summed E-state index contributed by atoms with van der Waals surface area (Å²) < 4.78 is 1.89. The molecule has 0 saturated heterocycles. The number of aromatic nitrogens is 2. The summed E-state index contributed by atoms with van der Waals surface area (Å²) in [5, 5.41) is 7.81. The molecule has 4 nitrogen and oxygen atoms in total. The number of carbonyl (C=O) groups excluding carboxylic acids is 1. The van der Waals surface area contributed by atoms with Crippen LogP contribution in [0.5, 0.6) is 0 Å². The van der Waals surface area contributed by atoms with Gasteiger partial charge in [0.05, 0.1) is 12.1 Å². The van der Waals surface area contributed by atoms with Crippen LogP contribution in [0.25, 0.3) is 0 Å². The second-order valence-electron chi connectivity index (χ2n) is 5.88. The number of fused-ring (bicyclic) bond motifs is 1. The third-order valence-electron chi connectivity index (χ3n) is 3.90. The van der Waals surface area contributed by atoms with E-state index >= 15 is 0 Å². The van der Waals surface area contributed by atoms with Crippen molar-refractivity contribution in [2.24, 2.45) is 0 Å². The molecule has 0 atom stereocenters. The standard InChI is InChI=1S/C17H21N3O/c1-12(2)20-9-7-15(19-20)11-17(21)14-5-6-16-13(10-14)4-3-8-18-16/h5-7,9-10,12,18H,3-4,8,11H2,1-2H3. The molecule has 1 aromatic heterocycles. The van der Waals surface area contributed by atoms with Gasteiger partial charge in [0.1, 0.15) is 0 Å². The van der Waals surface area contributed by atoms with Crippen LogP contribution in [0.3, 0.4) is 0 Å². The number of anilines is 1. The fraction of sp³-hybridized carbons (Fsp3) is 0.412. The second kappa shape index (κ2) is 5.72. The van der Waals surface area contributed by atoms with Crippen molar-refractivity contribution in [1.29, 1.82) is 0 Å². The number of ketones is 1. The van der Waals surface area contributed by atoms with Crippen molar-refractivity contribution in [1.82, 2.24) is 9.78 Å². The number of aryl methyl sites for hydroxylation is 1. The van der Waals surface area contributed by atoms with E-state index in [1.54, 1.807) is 0 Å². The molecule has 2 aromatic rings. The van der Waals surface area contributed by atoms with Crippen LogP contribution in [0.15, 0.2) is 30.5 Å². The summed E-state index contributed by atoms with van der Waals surface area (Å²) in [6.45, 7) is 5.18. The number of nitrogens with one attached hydrogen (secondary N) is 1. The summed E-state index contributed by atoms with van der Waals surface area (Å²) in [6, 6.07) is 8.22. The van der Waals surface area contributed by atoms with Crippen LogP contribution in [0.4, 0.5) is 5.69 Å². The molecule has 0 saturated carbocycles. The highest BCUT2D eigenvalue weighted by Gasteiger charge is 2.14. The van der Waals surface area contributed by atoms with Gasteiger partial charge in [0.25, 0.3) is 0 Å². The smallest absolute Gasteiger partial charge is 0.168 e. The number of nitrogens with zero attached hydrogens (tertiary/aromatic N) is 2. The Morgan fingerprint density at radius 2 is 2.24 bits per heavy atom. The lowest BCUT2D eigenvalue weighted by atomic mass is 9.98. The van der Waals surface area contributed by atoms with Gasteiger partial charge in [-0.05, 0) is 56.5 Å². The predicted molar refractivity (Wildman–Crippen MR) is 83.9 cm³/mol. The Balaban J connectivity index is 1.75. The Morgan fingerprint density at radius 1 is 1.38 bits per heavy atom. The highest BCUT2D eigenvalue weighted by atomic mass is 16.1. The van der Waals surface area contributed by atoms with Crippen LogP contribution in [0, 0.1) is 0 Å². The van der Waals surface area contributed by atoms with Gasteiger partial charge in [-0.15, -0.1) is 0 Å². The molecule has 1 aliphatic rings. The summed E-state index contributed by atoms with van der Waals surface area (Å²) in [5.74, 6) is 0.136. The van der Waals surface area contributed by atoms with Crippen molar-refractivity contribution in [3.8, 4) is 0 Å². The van der Waals surface area contributed by atoms with Crippen LogP contribution in [-0.4, -0.2) is 22.1 Å². The molecule has 0 aliphatic carbocycles. The van der Waals surface area contributed by atoms with E-state index in [0.717, 1.165) is 30.6 Å². The average molecular weight is 283 g/mol. The maximum Gasteiger partial charge on any atom is 0.168 e. The van der Waals surface area contributed by atoms with Gasteiger partial charge in [-0.1, -0.05) is 0 Å². The van der Waals surface area contributed by atoms with E-state index in [9.17, 15) is 4.79 Å². The molecule has 0 radical (unpaired) electrons. The van der Waals surface area contributed by atoms with Gasteiger partial charge in [0.2, 0.25) is 0 Å². The molecule has 1 aromatic carbocycles. The Labute approximate surface area is 125 Å². The van der Waals surface area contributed by atoms with Gasteiger partial charge in [-0.2, -0.15) is 5.10 Å². The second-order valence-corrected chi connectivity index (χ2v) is 5.88. The van der Waals surface area contributed by atoms with Crippen LogP contribution in [0.1, 0.15) is 47.9 Å². The summed E-state index contributed by atoms with van der Waals surface area (Å²) >= 11 is 0. The van der Waals surface area contributed by atoms with Gasteiger partial charge in [0.15, 0.2) is 5.78 Å². The maximum absolute atomic E-state index is 12.4. The first-order chi connectivity index (χ1) is 10.1. The molecule has 110 valence electrons. The lowest BCUT2D eigenvalue weighted by Gasteiger charge is -2.18. The number of hydrogen-bond acceptors (Lipinski definition) is 3. The van der Waals surface area contributed by atoms with Gasteiger partial charge < -0.3 is 5.32 Å². The van der Waals surface area contributed by atoms with Gasteiger partial charge in [-0.25, -0.2) is 0 Å². The quantitative estimate of drug-likeness (QED) is 0.876. The monoisotopic (exact) mass is 283 g/mol. The summed E-state index contributed by atoms with van der Waals surface area (Å²) in [5.41, 5.74) is 4.04. The molecule has 3 rings (SSSR count). The van der Waals surface area contributed by atoms with Crippen LogP contribution in [0.2, 0.25) is 0 Å². The normalized spacial score (nSPS) is 13.9. The Bertz CT molecular complexity index is 658. The number of carbonyl (C=O) groups is 1. The molecular formula is C17H21N3O. The molecule has 2 heterocycles. The van der Waals surface area contributed by atoms with Crippen molar-refractivity contribution >= 4 is 11.5 Å². The van der Waals surface area contributed by atoms with E-state index < -0.39 is 0 Å². The topological polar surface area (TPSA) is 46.9 Å². The Morgan fingerprint density at radius 3 is 3.00 bits per heavy atom.